The average molecular weight is 420 g/mol. The Balaban J connectivity index is 0.00000181. The summed E-state index contributed by atoms with van der Waals surface area (Å²) < 4.78 is 18.8. The van der Waals surface area contributed by atoms with Gasteiger partial charge < -0.3 is 19.1 Å². The Hall–Kier alpha value is -1.30. The molecule has 2 spiro atoms. The van der Waals surface area contributed by atoms with Crippen LogP contribution in [0.1, 0.15) is 43.7 Å². The summed E-state index contributed by atoms with van der Waals surface area (Å²) in [7, 11) is 5.77. The fourth-order valence-electron chi connectivity index (χ4n) is 8.30. The zero-order valence-electron chi connectivity index (χ0n) is 17.6. The lowest BCUT2D eigenvalue weighted by atomic mass is 9.34. The Morgan fingerprint density at radius 1 is 1.24 bits per heavy atom. The number of halogens is 1. The van der Waals surface area contributed by atoms with Gasteiger partial charge in [-0.1, -0.05) is 6.07 Å². The summed E-state index contributed by atoms with van der Waals surface area (Å²) in [5.74, 6) is 1.89. The Labute approximate surface area is 178 Å². The number of methoxy groups -OCH3 is 2. The number of rotatable bonds is 3. The van der Waals surface area contributed by atoms with Crippen LogP contribution in [0.15, 0.2) is 12.1 Å². The van der Waals surface area contributed by atoms with E-state index >= 15 is 0 Å². The normalized spacial score (nSPS) is 43.2. The molecule has 3 saturated carbocycles. The van der Waals surface area contributed by atoms with Gasteiger partial charge in [0.15, 0.2) is 11.5 Å². The highest BCUT2D eigenvalue weighted by Crippen LogP contribution is 2.76. The molecule has 6 aliphatic rings. The number of Topliss-reactive ketones (excluding diaryl/α,β-unsaturated/α-hetero) is 1. The van der Waals surface area contributed by atoms with Crippen molar-refractivity contribution in [3.63, 3.8) is 0 Å². The van der Waals surface area contributed by atoms with Crippen LogP contribution in [0.4, 0.5) is 0 Å². The highest BCUT2D eigenvalue weighted by atomic mass is 35.5. The quantitative estimate of drug-likeness (QED) is 0.753. The molecule has 2 heterocycles. The van der Waals surface area contributed by atoms with Gasteiger partial charge in [-0.2, -0.15) is 0 Å². The Bertz CT molecular complexity index is 905. The van der Waals surface area contributed by atoms with E-state index in [-0.39, 0.29) is 41.0 Å². The number of carbonyl (C=O) groups excluding carboxylic acids is 1. The van der Waals surface area contributed by atoms with Crippen LogP contribution < -0.4 is 9.47 Å². The van der Waals surface area contributed by atoms with E-state index in [2.05, 4.69) is 24.1 Å². The van der Waals surface area contributed by atoms with Crippen LogP contribution in [0.2, 0.25) is 0 Å². The second-order valence-electron chi connectivity index (χ2n) is 9.73. The van der Waals surface area contributed by atoms with Crippen molar-refractivity contribution in [1.29, 1.82) is 0 Å². The van der Waals surface area contributed by atoms with E-state index in [0.717, 1.165) is 50.1 Å². The summed E-state index contributed by atoms with van der Waals surface area (Å²) in [6, 6.07) is 4.75. The third-order valence-corrected chi connectivity index (χ3v) is 9.32. The lowest BCUT2D eigenvalue weighted by Crippen LogP contribution is -2.81. The van der Waals surface area contributed by atoms with Crippen molar-refractivity contribution in [2.75, 3.05) is 27.8 Å². The van der Waals surface area contributed by atoms with E-state index in [4.69, 9.17) is 14.2 Å². The number of likely N-dealkylation sites (tertiary alicyclic amines) is 1. The number of carbonyl (C=O) groups is 1. The summed E-state index contributed by atoms with van der Waals surface area (Å²) in [6.45, 7) is 2.80. The number of hydrogen-bond acceptors (Lipinski definition) is 5. The molecule has 6 atom stereocenters. The van der Waals surface area contributed by atoms with Gasteiger partial charge in [-0.3, -0.25) is 4.79 Å². The van der Waals surface area contributed by atoms with Crippen LogP contribution in [-0.2, 0) is 21.4 Å². The number of ketones is 1. The second kappa shape index (κ2) is 5.89. The van der Waals surface area contributed by atoms with Crippen molar-refractivity contribution in [3.05, 3.63) is 23.3 Å². The topological polar surface area (TPSA) is 48.0 Å². The number of ether oxygens (including phenoxy) is 3. The molecule has 7 rings (SSSR count). The molecule has 4 aliphatic carbocycles. The first-order valence-electron chi connectivity index (χ1n) is 10.6. The standard InChI is InChI=1S/C23H29NO4.ClH/c1-13(25)15-12-21-7-8-23(15,27-4)20-22(21)9-10-24(2)17(21)11-14-5-6-16(26-3)19(28-20)18(14)22;/h5-6,15,17,20H,7-12H2,1-4H3;1H/t15-,17-,20-,21-,22+,23-;/m1./s1. The summed E-state index contributed by atoms with van der Waals surface area (Å²) in [4.78, 5) is 15.4. The number of likely N-dealkylation sites (N-methyl/N-ethyl adjacent to an activating group) is 1. The van der Waals surface area contributed by atoms with Crippen molar-refractivity contribution in [3.8, 4) is 11.5 Å². The van der Waals surface area contributed by atoms with Crippen LogP contribution in [-0.4, -0.2) is 56.2 Å². The van der Waals surface area contributed by atoms with Crippen molar-refractivity contribution in [1.82, 2.24) is 4.90 Å². The minimum atomic E-state index is -0.535. The molecular formula is C23H30ClNO4. The monoisotopic (exact) mass is 419 g/mol. The molecule has 0 N–H and O–H groups in total. The molecule has 29 heavy (non-hydrogen) atoms. The van der Waals surface area contributed by atoms with Crippen LogP contribution in [0, 0.1) is 11.3 Å². The zero-order chi connectivity index (χ0) is 19.5. The molecule has 4 bridgehead atoms. The number of nitrogens with zero attached hydrogens (tertiary/aromatic N) is 1. The van der Waals surface area contributed by atoms with Gasteiger partial charge >= 0.3 is 0 Å². The Kier molecular flexibility index (Phi) is 3.99. The van der Waals surface area contributed by atoms with Gasteiger partial charge in [0.05, 0.1) is 13.0 Å². The third kappa shape index (κ3) is 1.86. The van der Waals surface area contributed by atoms with E-state index in [1.165, 1.54) is 11.1 Å². The summed E-state index contributed by atoms with van der Waals surface area (Å²) in [5.41, 5.74) is 2.25. The molecule has 1 aromatic rings. The first-order chi connectivity index (χ1) is 13.4. The van der Waals surface area contributed by atoms with E-state index < -0.39 is 5.60 Å². The molecule has 158 valence electrons. The first-order valence-corrected chi connectivity index (χ1v) is 10.6. The molecule has 5 nitrogen and oxygen atoms in total. The van der Waals surface area contributed by atoms with E-state index in [1.54, 1.807) is 21.1 Å². The minimum absolute atomic E-state index is 0. The highest BCUT2D eigenvalue weighted by Gasteiger charge is 2.80. The Morgan fingerprint density at radius 2 is 2.03 bits per heavy atom. The fraction of sp³-hybridized carbons (Fsp3) is 0.696. The van der Waals surface area contributed by atoms with Crippen molar-refractivity contribution in [2.24, 2.45) is 11.3 Å². The van der Waals surface area contributed by atoms with Gasteiger partial charge in [0.25, 0.3) is 0 Å². The minimum Gasteiger partial charge on any atom is -0.493 e. The lowest BCUT2D eigenvalue weighted by molar-refractivity contribution is -0.270. The van der Waals surface area contributed by atoms with Gasteiger partial charge in [-0.05, 0) is 64.3 Å². The lowest BCUT2D eigenvalue weighted by Gasteiger charge is -2.73. The molecule has 0 aromatic heterocycles. The van der Waals surface area contributed by atoms with Crippen molar-refractivity contribution in [2.45, 2.75) is 62.2 Å². The van der Waals surface area contributed by atoms with E-state index in [0.29, 0.717) is 6.04 Å². The third-order valence-electron chi connectivity index (χ3n) is 9.32. The van der Waals surface area contributed by atoms with Gasteiger partial charge in [0.1, 0.15) is 17.5 Å². The van der Waals surface area contributed by atoms with E-state index in [1.807, 2.05) is 0 Å². The molecule has 0 radical (unpaired) electrons. The molecular weight excluding hydrogens is 390 g/mol. The van der Waals surface area contributed by atoms with Crippen LogP contribution in [0.25, 0.3) is 0 Å². The molecule has 0 unspecified atom stereocenters. The molecule has 1 aromatic carbocycles. The Morgan fingerprint density at radius 3 is 2.72 bits per heavy atom. The van der Waals surface area contributed by atoms with E-state index in [9.17, 15) is 4.79 Å². The largest absolute Gasteiger partial charge is 0.493 e. The SMILES string of the molecule is COc1ccc2c3c1O[C@H]1[C@@]4(OC)CC[C@@]5(C[C@@H]4C(C)=O)[C@@H](C2)N(C)CC[C@]315.Cl. The zero-order valence-corrected chi connectivity index (χ0v) is 18.4. The maximum atomic E-state index is 12.8. The number of fused-ring (bicyclic) bond motifs is 2. The summed E-state index contributed by atoms with van der Waals surface area (Å²) in [6.07, 6.45) is 4.91. The smallest absolute Gasteiger partial charge is 0.165 e. The molecule has 2 aliphatic heterocycles. The fourth-order valence-corrected chi connectivity index (χ4v) is 8.30. The second-order valence-corrected chi connectivity index (χ2v) is 9.73. The predicted molar refractivity (Wildman–Crippen MR) is 111 cm³/mol. The number of piperidine rings is 1. The number of hydrogen-bond donors (Lipinski definition) is 0. The van der Waals surface area contributed by atoms with Gasteiger partial charge in [0, 0.05) is 29.5 Å². The summed E-state index contributed by atoms with van der Waals surface area (Å²) in [5, 5.41) is 0. The predicted octanol–water partition coefficient (Wildman–Crippen LogP) is 3.15. The van der Waals surface area contributed by atoms with Gasteiger partial charge in [-0.15, -0.1) is 12.4 Å². The molecule has 0 amide bonds. The molecule has 6 heteroatoms. The van der Waals surface area contributed by atoms with Crippen LogP contribution in [0.5, 0.6) is 11.5 Å². The maximum Gasteiger partial charge on any atom is 0.165 e. The molecule has 4 fully saturated rings. The highest BCUT2D eigenvalue weighted by molar-refractivity contribution is 5.85. The van der Waals surface area contributed by atoms with Crippen molar-refractivity contribution < 1.29 is 19.0 Å². The van der Waals surface area contributed by atoms with Crippen LogP contribution >= 0.6 is 12.4 Å². The number of benzene rings is 1. The van der Waals surface area contributed by atoms with Gasteiger partial charge in [-0.25, -0.2) is 0 Å². The summed E-state index contributed by atoms with van der Waals surface area (Å²) >= 11 is 0. The van der Waals surface area contributed by atoms with Crippen LogP contribution in [0.3, 0.4) is 0 Å². The molecule has 1 saturated heterocycles. The van der Waals surface area contributed by atoms with Gasteiger partial charge in [0.2, 0.25) is 0 Å². The average Bonchev–Trinajstić information content (AvgIpc) is 3.07. The maximum absolute atomic E-state index is 12.8. The van der Waals surface area contributed by atoms with Crippen molar-refractivity contribution >= 4 is 18.2 Å². The first kappa shape index (κ1) is 19.7.